The predicted octanol–water partition coefficient (Wildman–Crippen LogP) is 3.09. The highest BCUT2D eigenvalue weighted by Crippen LogP contribution is 2.40. The molecule has 0 saturated carbocycles. The van der Waals surface area contributed by atoms with E-state index in [0.29, 0.717) is 35.9 Å². The van der Waals surface area contributed by atoms with E-state index in [1.54, 1.807) is 50.5 Å². The number of likely N-dealkylation sites (tertiary alicyclic amines) is 1. The third-order valence-electron chi connectivity index (χ3n) is 5.53. The second kappa shape index (κ2) is 9.73. The van der Waals surface area contributed by atoms with Crippen LogP contribution in [0.1, 0.15) is 35.7 Å². The molecule has 31 heavy (non-hydrogen) atoms. The van der Waals surface area contributed by atoms with E-state index in [1.165, 1.54) is 0 Å². The average Bonchev–Trinajstić information content (AvgIpc) is 3.23. The monoisotopic (exact) mass is 426 g/mol. The zero-order valence-electron chi connectivity index (χ0n) is 18.7. The van der Waals surface area contributed by atoms with Crippen molar-refractivity contribution in [1.29, 1.82) is 0 Å². The Labute approximate surface area is 183 Å². The van der Waals surface area contributed by atoms with Crippen molar-refractivity contribution in [2.75, 3.05) is 34.4 Å². The van der Waals surface area contributed by atoms with Crippen LogP contribution in [0.4, 0.5) is 0 Å². The maximum absolute atomic E-state index is 13.2. The molecule has 2 aromatic carbocycles. The quantitative estimate of drug-likeness (QED) is 0.736. The number of rotatable bonds is 7. The van der Waals surface area contributed by atoms with Crippen LogP contribution in [-0.2, 0) is 4.79 Å². The number of benzene rings is 2. The minimum atomic E-state index is -0.405. The molecule has 2 amide bonds. The van der Waals surface area contributed by atoms with E-state index in [4.69, 9.17) is 14.2 Å². The van der Waals surface area contributed by atoms with Gasteiger partial charge in [0.15, 0.2) is 0 Å². The number of hydrogen-bond donors (Lipinski definition) is 1. The van der Waals surface area contributed by atoms with Gasteiger partial charge in [-0.05, 0) is 50.2 Å². The van der Waals surface area contributed by atoms with Gasteiger partial charge in [0.05, 0.1) is 27.2 Å². The summed E-state index contributed by atoms with van der Waals surface area (Å²) in [7, 11) is 4.77. The third kappa shape index (κ3) is 4.93. The molecule has 2 atom stereocenters. The Bertz CT molecular complexity index is 943. The molecule has 2 aromatic rings. The molecular formula is C24H30N2O5. The minimum absolute atomic E-state index is 0.00323. The van der Waals surface area contributed by atoms with Gasteiger partial charge in [0.25, 0.3) is 5.91 Å². The molecule has 1 heterocycles. The highest BCUT2D eigenvalue weighted by Gasteiger charge is 2.42. The number of carbonyl (C=O) groups is 2. The van der Waals surface area contributed by atoms with Gasteiger partial charge in [0.2, 0.25) is 5.91 Å². The maximum Gasteiger partial charge on any atom is 0.254 e. The van der Waals surface area contributed by atoms with Gasteiger partial charge in [-0.2, -0.15) is 0 Å². The van der Waals surface area contributed by atoms with E-state index in [2.05, 4.69) is 5.32 Å². The molecule has 0 aliphatic carbocycles. The summed E-state index contributed by atoms with van der Waals surface area (Å²) >= 11 is 0. The van der Waals surface area contributed by atoms with Crippen molar-refractivity contribution in [3.8, 4) is 17.2 Å². The van der Waals surface area contributed by atoms with Gasteiger partial charge in [-0.1, -0.05) is 6.07 Å². The summed E-state index contributed by atoms with van der Waals surface area (Å²) in [5, 5.41) is 3.00. The van der Waals surface area contributed by atoms with Crippen molar-refractivity contribution in [2.45, 2.75) is 25.8 Å². The van der Waals surface area contributed by atoms with Gasteiger partial charge < -0.3 is 24.4 Å². The standard InChI is InChI=1S/C24H30N2O5/c1-15(2)25-23(27)21-14-26(24(28)16-7-6-8-17(11-16)29-3)13-20(21)19-12-18(30-4)9-10-22(19)31-5/h6-12,15,20-21H,13-14H2,1-5H3,(H,25,27)/t20-,21-/m1/s1. The fraction of sp³-hybridized carbons (Fsp3) is 0.417. The number of amides is 2. The first-order valence-electron chi connectivity index (χ1n) is 10.3. The van der Waals surface area contributed by atoms with E-state index in [9.17, 15) is 9.59 Å². The van der Waals surface area contributed by atoms with Crippen LogP contribution in [0.3, 0.4) is 0 Å². The van der Waals surface area contributed by atoms with Crippen LogP contribution in [0.15, 0.2) is 42.5 Å². The number of ether oxygens (including phenoxy) is 3. The van der Waals surface area contributed by atoms with Crippen LogP contribution >= 0.6 is 0 Å². The normalized spacial score (nSPS) is 18.1. The molecule has 7 nitrogen and oxygen atoms in total. The summed E-state index contributed by atoms with van der Waals surface area (Å²) in [6, 6.07) is 12.6. The summed E-state index contributed by atoms with van der Waals surface area (Å²) in [6.45, 7) is 4.57. The van der Waals surface area contributed by atoms with E-state index in [1.807, 2.05) is 32.0 Å². The molecule has 0 spiro atoms. The Morgan fingerprint density at radius 2 is 1.68 bits per heavy atom. The lowest BCUT2D eigenvalue weighted by atomic mass is 9.87. The summed E-state index contributed by atoms with van der Waals surface area (Å²) < 4.78 is 16.2. The molecule has 1 saturated heterocycles. The molecule has 0 bridgehead atoms. The number of methoxy groups -OCH3 is 3. The molecule has 166 valence electrons. The SMILES string of the molecule is COc1cccc(C(=O)N2C[C@H](c3cc(OC)ccc3OC)[C@H](C(=O)NC(C)C)C2)c1. The van der Waals surface area contributed by atoms with Crippen molar-refractivity contribution >= 4 is 11.8 Å². The molecule has 0 unspecified atom stereocenters. The Morgan fingerprint density at radius 1 is 0.968 bits per heavy atom. The van der Waals surface area contributed by atoms with Crippen molar-refractivity contribution in [3.05, 3.63) is 53.6 Å². The van der Waals surface area contributed by atoms with Crippen molar-refractivity contribution in [3.63, 3.8) is 0 Å². The Kier molecular flexibility index (Phi) is 7.05. The lowest BCUT2D eigenvalue weighted by Gasteiger charge is -2.22. The van der Waals surface area contributed by atoms with E-state index >= 15 is 0 Å². The van der Waals surface area contributed by atoms with Crippen LogP contribution in [-0.4, -0.2) is 57.2 Å². The van der Waals surface area contributed by atoms with Gasteiger partial charge >= 0.3 is 0 Å². The van der Waals surface area contributed by atoms with E-state index in [0.717, 1.165) is 5.56 Å². The number of nitrogens with zero attached hydrogens (tertiary/aromatic N) is 1. The molecule has 1 aliphatic rings. The predicted molar refractivity (Wildman–Crippen MR) is 118 cm³/mol. The van der Waals surface area contributed by atoms with Crippen LogP contribution in [0.2, 0.25) is 0 Å². The van der Waals surface area contributed by atoms with Gasteiger partial charge in [0, 0.05) is 36.2 Å². The lowest BCUT2D eigenvalue weighted by Crippen LogP contribution is -2.39. The molecule has 7 heteroatoms. The number of nitrogens with one attached hydrogen (secondary N) is 1. The number of hydrogen-bond acceptors (Lipinski definition) is 5. The maximum atomic E-state index is 13.2. The molecule has 1 fully saturated rings. The van der Waals surface area contributed by atoms with Crippen molar-refractivity contribution in [2.24, 2.45) is 5.92 Å². The van der Waals surface area contributed by atoms with Crippen molar-refractivity contribution < 1.29 is 23.8 Å². The Hall–Kier alpha value is -3.22. The zero-order chi connectivity index (χ0) is 22.5. The second-order valence-corrected chi connectivity index (χ2v) is 7.93. The first-order valence-corrected chi connectivity index (χ1v) is 10.3. The highest BCUT2D eigenvalue weighted by atomic mass is 16.5. The highest BCUT2D eigenvalue weighted by molar-refractivity contribution is 5.95. The van der Waals surface area contributed by atoms with Gasteiger partial charge in [-0.15, -0.1) is 0 Å². The molecule has 0 radical (unpaired) electrons. The summed E-state index contributed by atoms with van der Waals surface area (Å²) in [6.07, 6.45) is 0. The lowest BCUT2D eigenvalue weighted by molar-refractivity contribution is -0.125. The average molecular weight is 427 g/mol. The smallest absolute Gasteiger partial charge is 0.254 e. The first kappa shape index (κ1) is 22.5. The van der Waals surface area contributed by atoms with Gasteiger partial charge in [0.1, 0.15) is 17.2 Å². The van der Waals surface area contributed by atoms with Gasteiger partial charge in [-0.3, -0.25) is 9.59 Å². The third-order valence-corrected chi connectivity index (χ3v) is 5.53. The zero-order valence-corrected chi connectivity index (χ0v) is 18.7. The minimum Gasteiger partial charge on any atom is -0.497 e. The Morgan fingerprint density at radius 3 is 2.32 bits per heavy atom. The number of carbonyl (C=O) groups excluding carboxylic acids is 2. The molecule has 1 N–H and O–H groups in total. The van der Waals surface area contributed by atoms with Crippen LogP contribution in [0.25, 0.3) is 0 Å². The topological polar surface area (TPSA) is 77.1 Å². The summed E-state index contributed by atoms with van der Waals surface area (Å²) in [5.41, 5.74) is 1.38. The Balaban J connectivity index is 1.96. The largest absolute Gasteiger partial charge is 0.497 e. The van der Waals surface area contributed by atoms with Crippen LogP contribution in [0, 0.1) is 5.92 Å². The summed E-state index contributed by atoms with van der Waals surface area (Å²) in [4.78, 5) is 28.0. The molecule has 1 aliphatic heterocycles. The van der Waals surface area contributed by atoms with Crippen molar-refractivity contribution in [1.82, 2.24) is 10.2 Å². The first-order chi connectivity index (χ1) is 14.9. The molecule has 3 rings (SSSR count). The fourth-order valence-corrected chi connectivity index (χ4v) is 4.01. The fourth-order valence-electron chi connectivity index (χ4n) is 4.01. The molecule has 0 aromatic heterocycles. The van der Waals surface area contributed by atoms with Crippen LogP contribution in [0.5, 0.6) is 17.2 Å². The van der Waals surface area contributed by atoms with Gasteiger partial charge in [-0.25, -0.2) is 0 Å². The molecular weight excluding hydrogens is 396 g/mol. The van der Waals surface area contributed by atoms with E-state index in [-0.39, 0.29) is 23.8 Å². The second-order valence-electron chi connectivity index (χ2n) is 7.93. The van der Waals surface area contributed by atoms with Crippen LogP contribution < -0.4 is 19.5 Å². The van der Waals surface area contributed by atoms with E-state index < -0.39 is 5.92 Å². The summed E-state index contributed by atoms with van der Waals surface area (Å²) in [5.74, 6) is 1.12.